The van der Waals surface area contributed by atoms with E-state index in [1.807, 2.05) is 12.1 Å². The molecule has 2 aromatic rings. The van der Waals surface area contributed by atoms with Gasteiger partial charge in [-0.25, -0.2) is 0 Å². The molecule has 1 saturated carbocycles. The maximum Gasteiger partial charge on any atom is 0.251 e. The van der Waals surface area contributed by atoms with Crippen molar-refractivity contribution in [2.24, 2.45) is 11.8 Å². The van der Waals surface area contributed by atoms with Crippen LogP contribution >= 0.6 is 0 Å². The van der Waals surface area contributed by atoms with Crippen LogP contribution in [0.4, 0.5) is 5.69 Å². The second kappa shape index (κ2) is 11.7. The summed E-state index contributed by atoms with van der Waals surface area (Å²) in [5, 5.41) is 3.07. The molecule has 0 bridgehead atoms. The molecule has 2 fully saturated rings. The van der Waals surface area contributed by atoms with Crippen molar-refractivity contribution in [1.29, 1.82) is 0 Å². The zero-order chi connectivity index (χ0) is 23.9. The fourth-order valence-electron chi connectivity index (χ4n) is 5.73. The molecule has 1 atom stereocenters. The van der Waals surface area contributed by atoms with Gasteiger partial charge < -0.3 is 10.2 Å². The van der Waals surface area contributed by atoms with Gasteiger partial charge >= 0.3 is 0 Å². The van der Waals surface area contributed by atoms with Gasteiger partial charge in [0, 0.05) is 43.7 Å². The summed E-state index contributed by atoms with van der Waals surface area (Å²) in [6.45, 7) is 7.24. The minimum atomic E-state index is 0.0147. The molecule has 0 radical (unpaired) electrons. The number of benzene rings is 2. The minimum Gasteiger partial charge on any atom is -0.371 e. The first kappa shape index (κ1) is 24.5. The van der Waals surface area contributed by atoms with E-state index < -0.39 is 0 Å². The van der Waals surface area contributed by atoms with Gasteiger partial charge in [0.15, 0.2) is 0 Å². The number of nitrogens with one attached hydrogen (secondary N) is 1. The van der Waals surface area contributed by atoms with Crippen molar-refractivity contribution in [2.75, 3.05) is 24.5 Å². The number of anilines is 1. The Hall–Kier alpha value is -2.62. The van der Waals surface area contributed by atoms with Crippen LogP contribution in [0.2, 0.25) is 0 Å². The summed E-state index contributed by atoms with van der Waals surface area (Å²) < 4.78 is 0. The van der Waals surface area contributed by atoms with Crippen LogP contribution in [0, 0.1) is 25.7 Å². The highest BCUT2D eigenvalue weighted by Crippen LogP contribution is 2.29. The summed E-state index contributed by atoms with van der Waals surface area (Å²) in [6, 6.07) is 14.9. The number of para-hydroxylation sites is 1. The first-order valence-electron chi connectivity index (χ1n) is 13.2. The number of carbonyl (C=O) groups excluding carboxylic acids is 2. The number of carbonyl (C=O) groups is 2. The number of ketones is 1. The minimum absolute atomic E-state index is 0.0147. The average Bonchev–Trinajstić information content (AvgIpc) is 2.84. The maximum absolute atomic E-state index is 12.6. The lowest BCUT2D eigenvalue weighted by Crippen LogP contribution is -2.34. The highest BCUT2D eigenvalue weighted by Gasteiger charge is 2.22. The SMILES string of the molecule is Cc1cc(C(=O)NCCCC2CCCC(=O)C2)ccc1CC1CCN(c2ccccc2C)CC1. The summed E-state index contributed by atoms with van der Waals surface area (Å²) in [4.78, 5) is 26.8. The smallest absolute Gasteiger partial charge is 0.251 e. The fraction of sp³-hybridized carbons (Fsp3) is 0.533. The van der Waals surface area contributed by atoms with E-state index in [-0.39, 0.29) is 5.91 Å². The summed E-state index contributed by atoms with van der Waals surface area (Å²) in [5.74, 6) is 1.64. The molecule has 2 aromatic carbocycles. The third-order valence-corrected chi connectivity index (χ3v) is 7.84. The molecule has 1 amide bonds. The Morgan fingerprint density at radius 2 is 1.79 bits per heavy atom. The van der Waals surface area contributed by atoms with Crippen LogP contribution in [0.1, 0.15) is 78.4 Å². The first-order chi connectivity index (χ1) is 16.5. The van der Waals surface area contributed by atoms with Crippen molar-refractivity contribution >= 4 is 17.4 Å². The lowest BCUT2D eigenvalue weighted by Gasteiger charge is -2.34. The molecule has 4 nitrogen and oxygen atoms in total. The summed E-state index contributed by atoms with van der Waals surface area (Å²) in [6.07, 6.45) is 9.18. The van der Waals surface area contributed by atoms with Gasteiger partial charge in [0.2, 0.25) is 0 Å². The van der Waals surface area contributed by atoms with Crippen LogP contribution in [-0.2, 0) is 11.2 Å². The molecule has 0 aromatic heterocycles. The van der Waals surface area contributed by atoms with Crippen molar-refractivity contribution in [3.63, 3.8) is 0 Å². The molecule has 2 aliphatic rings. The van der Waals surface area contributed by atoms with Gasteiger partial charge in [-0.3, -0.25) is 9.59 Å². The Labute approximate surface area is 205 Å². The normalized spacial score (nSPS) is 19.3. The third-order valence-electron chi connectivity index (χ3n) is 7.84. The van der Waals surface area contributed by atoms with Gasteiger partial charge in [0.1, 0.15) is 5.78 Å². The van der Waals surface area contributed by atoms with Crippen molar-refractivity contribution in [3.8, 4) is 0 Å². The average molecular weight is 461 g/mol. The Morgan fingerprint density at radius 1 is 1.00 bits per heavy atom. The Morgan fingerprint density at radius 3 is 2.53 bits per heavy atom. The molecule has 1 heterocycles. The predicted octanol–water partition coefficient (Wildman–Crippen LogP) is 6.03. The van der Waals surface area contributed by atoms with Gasteiger partial charge in [-0.1, -0.05) is 24.3 Å². The van der Waals surface area contributed by atoms with Crippen LogP contribution in [0.25, 0.3) is 0 Å². The van der Waals surface area contributed by atoms with Crippen LogP contribution in [-0.4, -0.2) is 31.3 Å². The molecule has 0 spiro atoms. The van der Waals surface area contributed by atoms with Crippen molar-refractivity contribution in [3.05, 3.63) is 64.7 Å². The number of hydrogen-bond acceptors (Lipinski definition) is 3. The lowest BCUT2D eigenvalue weighted by atomic mass is 9.85. The molecule has 1 aliphatic carbocycles. The van der Waals surface area contributed by atoms with Gasteiger partial charge in [-0.15, -0.1) is 0 Å². The number of aryl methyl sites for hydroxylation is 2. The monoisotopic (exact) mass is 460 g/mol. The van der Waals surface area contributed by atoms with E-state index >= 15 is 0 Å². The number of piperidine rings is 1. The fourth-order valence-corrected chi connectivity index (χ4v) is 5.73. The highest BCUT2D eigenvalue weighted by molar-refractivity contribution is 5.94. The van der Waals surface area contributed by atoms with Gasteiger partial charge in [0.05, 0.1) is 0 Å². The predicted molar refractivity (Wildman–Crippen MR) is 140 cm³/mol. The van der Waals surface area contributed by atoms with Crippen LogP contribution < -0.4 is 10.2 Å². The zero-order valence-corrected chi connectivity index (χ0v) is 20.9. The summed E-state index contributed by atoms with van der Waals surface area (Å²) in [7, 11) is 0. The summed E-state index contributed by atoms with van der Waals surface area (Å²) in [5.41, 5.74) is 6.07. The lowest BCUT2D eigenvalue weighted by molar-refractivity contribution is -0.121. The topological polar surface area (TPSA) is 49.4 Å². The number of nitrogens with zero attached hydrogens (tertiary/aromatic N) is 1. The van der Waals surface area contributed by atoms with Gasteiger partial charge in [-0.2, -0.15) is 0 Å². The number of hydrogen-bond donors (Lipinski definition) is 1. The van der Waals surface area contributed by atoms with E-state index in [9.17, 15) is 9.59 Å². The highest BCUT2D eigenvalue weighted by atomic mass is 16.1. The maximum atomic E-state index is 12.6. The number of Topliss-reactive ketones (excluding diaryl/α,β-unsaturated/α-hetero) is 1. The van der Waals surface area contributed by atoms with Gasteiger partial charge in [0.25, 0.3) is 5.91 Å². The molecule has 1 aliphatic heterocycles. The van der Waals surface area contributed by atoms with Crippen molar-refractivity contribution in [2.45, 2.75) is 71.6 Å². The zero-order valence-electron chi connectivity index (χ0n) is 20.9. The van der Waals surface area contributed by atoms with E-state index in [0.29, 0.717) is 24.2 Å². The van der Waals surface area contributed by atoms with E-state index in [1.165, 1.54) is 35.2 Å². The van der Waals surface area contributed by atoms with Crippen LogP contribution in [0.5, 0.6) is 0 Å². The Balaban J connectivity index is 1.22. The van der Waals surface area contributed by atoms with Crippen LogP contribution in [0.3, 0.4) is 0 Å². The van der Waals surface area contributed by atoms with Gasteiger partial charge in [-0.05, 0) is 106 Å². The molecule has 182 valence electrons. The molecule has 4 heteroatoms. The van der Waals surface area contributed by atoms with E-state index in [0.717, 1.165) is 63.6 Å². The molecule has 4 rings (SSSR count). The third kappa shape index (κ3) is 6.49. The van der Waals surface area contributed by atoms with Crippen LogP contribution in [0.15, 0.2) is 42.5 Å². The Bertz CT molecular complexity index is 991. The van der Waals surface area contributed by atoms with Crippen molar-refractivity contribution < 1.29 is 9.59 Å². The summed E-state index contributed by atoms with van der Waals surface area (Å²) >= 11 is 0. The standard InChI is InChI=1S/C30H40N2O2/c1-22-7-3-4-11-29(22)32-17-14-25(15-18-32)20-26-12-13-27(19-23(26)2)30(34)31-16-6-9-24-8-5-10-28(33)21-24/h3-4,7,11-13,19,24-25H,5-6,8-10,14-18,20-21H2,1-2H3,(H,31,34). The quantitative estimate of drug-likeness (QED) is 0.489. The van der Waals surface area contributed by atoms with Crippen molar-refractivity contribution in [1.82, 2.24) is 5.32 Å². The van der Waals surface area contributed by atoms with E-state index in [2.05, 4.69) is 54.4 Å². The van der Waals surface area contributed by atoms with E-state index in [1.54, 1.807) is 0 Å². The molecular formula is C30H40N2O2. The first-order valence-corrected chi connectivity index (χ1v) is 13.2. The molecule has 1 unspecified atom stereocenters. The number of rotatable bonds is 8. The molecular weight excluding hydrogens is 420 g/mol. The second-order valence-corrected chi connectivity index (χ2v) is 10.5. The molecule has 34 heavy (non-hydrogen) atoms. The molecule has 1 saturated heterocycles. The Kier molecular flexibility index (Phi) is 8.42. The molecule has 1 N–H and O–H groups in total. The second-order valence-electron chi connectivity index (χ2n) is 10.5. The van der Waals surface area contributed by atoms with E-state index in [4.69, 9.17) is 0 Å². The largest absolute Gasteiger partial charge is 0.371 e. The number of amides is 1.